The van der Waals surface area contributed by atoms with Gasteiger partial charge in [0.05, 0.1) is 18.3 Å². The zero-order valence-electron chi connectivity index (χ0n) is 11.5. The number of anilines is 1. The average molecular weight is 290 g/mol. The molecular weight excluding hydrogens is 273 g/mol. The zero-order chi connectivity index (χ0) is 15.3. The Bertz CT molecular complexity index is 474. The number of rotatable bonds is 5. The Balaban J connectivity index is 2.82. The largest absolute Gasteiger partial charge is 0.390 e. The van der Waals surface area contributed by atoms with Crippen LogP contribution in [0.3, 0.4) is 0 Å². The summed E-state index contributed by atoms with van der Waals surface area (Å²) in [4.78, 5) is 20.0. The van der Waals surface area contributed by atoms with Crippen LogP contribution in [0.15, 0.2) is 6.20 Å². The molecule has 1 aromatic heterocycles. The number of alkyl halides is 3. The Kier molecular flexibility index (Phi) is 5.29. The molecule has 0 aliphatic rings. The van der Waals surface area contributed by atoms with Gasteiger partial charge in [-0.25, -0.2) is 9.97 Å². The molecule has 0 fully saturated rings. The van der Waals surface area contributed by atoms with Crippen LogP contribution in [-0.2, 0) is 0 Å². The third-order valence-corrected chi connectivity index (χ3v) is 2.50. The van der Waals surface area contributed by atoms with Crippen molar-refractivity contribution in [3.8, 4) is 0 Å². The van der Waals surface area contributed by atoms with Crippen LogP contribution < -0.4 is 10.6 Å². The Morgan fingerprint density at radius 2 is 2.05 bits per heavy atom. The fraction of sp³-hybridized carbons (Fsp3) is 0.583. The first-order chi connectivity index (χ1) is 9.24. The summed E-state index contributed by atoms with van der Waals surface area (Å²) in [6.07, 6.45) is -3.93. The van der Waals surface area contributed by atoms with E-state index in [0.717, 1.165) is 0 Å². The predicted octanol–water partition coefficient (Wildman–Crippen LogP) is 2.32. The molecule has 0 atom stereocenters. The summed E-state index contributed by atoms with van der Waals surface area (Å²) in [7, 11) is 1.58. The minimum Gasteiger partial charge on any atom is -0.385 e. The van der Waals surface area contributed by atoms with Gasteiger partial charge in [-0.3, -0.25) is 4.79 Å². The molecule has 0 bridgehead atoms. The number of nitrogens with zero attached hydrogens (tertiary/aromatic N) is 2. The monoisotopic (exact) mass is 290 g/mol. The first kappa shape index (κ1) is 16.2. The van der Waals surface area contributed by atoms with E-state index in [4.69, 9.17) is 0 Å². The van der Waals surface area contributed by atoms with E-state index < -0.39 is 25.0 Å². The van der Waals surface area contributed by atoms with Crippen LogP contribution in [0.1, 0.15) is 42.5 Å². The highest BCUT2D eigenvalue weighted by atomic mass is 19.4. The van der Waals surface area contributed by atoms with Gasteiger partial charge in [-0.2, -0.15) is 13.2 Å². The lowest BCUT2D eigenvalue weighted by atomic mass is 10.2. The Morgan fingerprint density at radius 3 is 2.55 bits per heavy atom. The van der Waals surface area contributed by atoms with E-state index in [1.54, 1.807) is 7.05 Å². The maximum absolute atomic E-state index is 12.0. The lowest BCUT2D eigenvalue weighted by molar-refractivity contribution is -0.132. The molecule has 1 amide bonds. The summed E-state index contributed by atoms with van der Waals surface area (Å²) in [5.74, 6) is -0.171. The molecule has 0 saturated heterocycles. The van der Waals surface area contributed by atoms with Gasteiger partial charge < -0.3 is 10.6 Å². The number of amides is 1. The second kappa shape index (κ2) is 6.53. The Morgan fingerprint density at radius 1 is 1.40 bits per heavy atom. The predicted molar refractivity (Wildman–Crippen MR) is 68.7 cm³/mol. The van der Waals surface area contributed by atoms with Gasteiger partial charge in [0.15, 0.2) is 5.69 Å². The fourth-order valence-corrected chi connectivity index (χ4v) is 1.43. The smallest absolute Gasteiger partial charge is 0.385 e. The molecular formula is C12H17F3N4O. The molecule has 0 saturated carbocycles. The molecule has 0 aromatic carbocycles. The van der Waals surface area contributed by atoms with E-state index in [1.165, 1.54) is 6.20 Å². The molecule has 1 heterocycles. The molecule has 20 heavy (non-hydrogen) atoms. The number of hydrogen-bond donors (Lipinski definition) is 2. The van der Waals surface area contributed by atoms with E-state index in [0.29, 0.717) is 11.5 Å². The van der Waals surface area contributed by atoms with Crippen LogP contribution in [-0.4, -0.2) is 35.6 Å². The summed E-state index contributed by atoms with van der Waals surface area (Å²) in [6, 6.07) is 0. The van der Waals surface area contributed by atoms with E-state index in [9.17, 15) is 18.0 Å². The second-order valence-corrected chi connectivity index (χ2v) is 4.52. The zero-order valence-corrected chi connectivity index (χ0v) is 11.5. The van der Waals surface area contributed by atoms with Gasteiger partial charge in [-0.05, 0) is 0 Å². The molecule has 0 aliphatic carbocycles. The molecule has 1 rings (SSSR count). The summed E-state index contributed by atoms with van der Waals surface area (Å²) in [5.41, 5.74) is 0.423. The van der Waals surface area contributed by atoms with Crippen molar-refractivity contribution in [1.82, 2.24) is 15.3 Å². The summed E-state index contributed by atoms with van der Waals surface area (Å²) >= 11 is 0. The SMILES string of the molecule is CNc1cnc(C(C)C)nc1C(=O)NCCC(F)(F)F. The van der Waals surface area contributed by atoms with Crippen molar-refractivity contribution in [2.45, 2.75) is 32.4 Å². The number of aromatic nitrogens is 2. The quantitative estimate of drug-likeness (QED) is 0.873. The molecule has 112 valence electrons. The number of carbonyl (C=O) groups excluding carboxylic acids is 1. The Labute approximate surface area is 115 Å². The van der Waals surface area contributed by atoms with Crippen LogP contribution >= 0.6 is 0 Å². The van der Waals surface area contributed by atoms with Gasteiger partial charge in [-0.1, -0.05) is 13.8 Å². The highest BCUT2D eigenvalue weighted by molar-refractivity contribution is 5.97. The van der Waals surface area contributed by atoms with E-state index >= 15 is 0 Å². The van der Waals surface area contributed by atoms with Gasteiger partial charge in [0.2, 0.25) is 0 Å². The van der Waals surface area contributed by atoms with Crippen molar-refractivity contribution in [2.75, 3.05) is 18.9 Å². The van der Waals surface area contributed by atoms with Crippen molar-refractivity contribution >= 4 is 11.6 Å². The highest BCUT2D eigenvalue weighted by Gasteiger charge is 2.27. The fourth-order valence-electron chi connectivity index (χ4n) is 1.43. The lowest BCUT2D eigenvalue weighted by Crippen LogP contribution is -2.29. The van der Waals surface area contributed by atoms with Gasteiger partial charge in [-0.15, -0.1) is 0 Å². The van der Waals surface area contributed by atoms with Crippen LogP contribution in [0.25, 0.3) is 0 Å². The first-order valence-corrected chi connectivity index (χ1v) is 6.14. The normalized spacial score (nSPS) is 11.6. The van der Waals surface area contributed by atoms with Gasteiger partial charge in [0.1, 0.15) is 5.82 Å². The van der Waals surface area contributed by atoms with Gasteiger partial charge >= 0.3 is 6.18 Å². The van der Waals surface area contributed by atoms with Crippen LogP contribution in [0.2, 0.25) is 0 Å². The molecule has 0 spiro atoms. The lowest BCUT2D eigenvalue weighted by Gasteiger charge is -2.12. The highest BCUT2D eigenvalue weighted by Crippen LogP contribution is 2.19. The molecule has 8 heteroatoms. The van der Waals surface area contributed by atoms with Crippen molar-refractivity contribution in [3.05, 3.63) is 17.7 Å². The molecule has 5 nitrogen and oxygen atoms in total. The maximum atomic E-state index is 12.0. The van der Waals surface area contributed by atoms with Crippen molar-refractivity contribution in [2.24, 2.45) is 0 Å². The molecule has 0 unspecified atom stereocenters. The molecule has 0 aliphatic heterocycles. The molecule has 0 radical (unpaired) electrons. The molecule has 1 aromatic rings. The van der Waals surface area contributed by atoms with Crippen LogP contribution in [0.5, 0.6) is 0 Å². The van der Waals surface area contributed by atoms with Gasteiger partial charge in [0.25, 0.3) is 5.91 Å². The maximum Gasteiger partial charge on any atom is 0.390 e. The van der Waals surface area contributed by atoms with Gasteiger partial charge in [0, 0.05) is 19.5 Å². The standard InChI is InChI=1S/C12H17F3N4O/c1-7(2)10-18-6-8(16-3)9(19-10)11(20)17-5-4-12(13,14)15/h6-7,16H,4-5H2,1-3H3,(H,17,20). The van der Waals surface area contributed by atoms with E-state index in [2.05, 4.69) is 20.6 Å². The van der Waals surface area contributed by atoms with Crippen molar-refractivity contribution in [3.63, 3.8) is 0 Å². The van der Waals surface area contributed by atoms with Crippen LogP contribution in [0, 0.1) is 0 Å². The number of nitrogens with one attached hydrogen (secondary N) is 2. The topological polar surface area (TPSA) is 66.9 Å². The molecule has 2 N–H and O–H groups in total. The number of carbonyl (C=O) groups is 1. The first-order valence-electron chi connectivity index (χ1n) is 6.14. The second-order valence-electron chi connectivity index (χ2n) is 4.52. The van der Waals surface area contributed by atoms with E-state index in [1.807, 2.05) is 13.8 Å². The van der Waals surface area contributed by atoms with Crippen molar-refractivity contribution < 1.29 is 18.0 Å². The van der Waals surface area contributed by atoms with Crippen molar-refractivity contribution in [1.29, 1.82) is 0 Å². The number of halogens is 3. The summed E-state index contributed by atoms with van der Waals surface area (Å²) in [5, 5.41) is 4.95. The van der Waals surface area contributed by atoms with Crippen LogP contribution in [0.4, 0.5) is 18.9 Å². The minimum atomic E-state index is -4.30. The summed E-state index contributed by atoms with van der Waals surface area (Å²) in [6.45, 7) is 3.24. The third kappa shape index (κ3) is 4.67. The average Bonchev–Trinajstić information content (AvgIpc) is 2.36. The summed E-state index contributed by atoms with van der Waals surface area (Å²) < 4.78 is 36.1. The minimum absolute atomic E-state index is 0.0163. The van der Waals surface area contributed by atoms with E-state index in [-0.39, 0.29) is 11.6 Å². The Hall–Kier alpha value is -1.86. The third-order valence-electron chi connectivity index (χ3n) is 2.50. The number of hydrogen-bond acceptors (Lipinski definition) is 4.